The summed E-state index contributed by atoms with van der Waals surface area (Å²) in [5.41, 5.74) is 0. The van der Waals surface area contributed by atoms with E-state index in [-0.39, 0.29) is 0 Å². The van der Waals surface area contributed by atoms with Gasteiger partial charge in [-0.2, -0.15) is 0 Å². The normalized spacial score (nSPS) is 27.2. The van der Waals surface area contributed by atoms with E-state index in [1.807, 2.05) is 0 Å². The molecule has 1 rings (SSSR count). The maximum absolute atomic E-state index is 5.83. The minimum Gasteiger partial charge on any atom is -0.376 e. The van der Waals surface area contributed by atoms with Crippen molar-refractivity contribution >= 4 is 0 Å². The molecule has 1 saturated heterocycles. The third-order valence-corrected chi connectivity index (χ3v) is 3.83. The van der Waals surface area contributed by atoms with E-state index in [0.717, 1.165) is 12.5 Å². The number of hydrogen-bond acceptors (Lipinski definition) is 2. The SMILES string of the molecule is CCCCCCCC(NC)C1OCCC1C. The van der Waals surface area contributed by atoms with Crippen LogP contribution in [0, 0.1) is 5.92 Å². The first-order valence-corrected chi connectivity index (χ1v) is 7.08. The first kappa shape index (κ1) is 14.0. The molecule has 2 nitrogen and oxygen atoms in total. The zero-order valence-corrected chi connectivity index (χ0v) is 11.3. The molecule has 1 N–H and O–H groups in total. The first-order chi connectivity index (χ1) is 7.79. The van der Waals surface area contributed by atoms with Gasteiger partial charge in [-0.25, -0.2) is 0 Å². The van der Waals surface area contributed by atoms with Gasteiger partial charge in [0.1, 0.15) is 0 Å². The summed E-state index contributed by atoms with van der Waals surface area (Å²) in [4.78, 5) is 0. The van der Waals surface area contributed by atoms with E-state index in [2.05, 4.69) is 26.2 Å². The predicted octanol–water partition coefficient (Wildman–Crippen LogP) is 3.36. The van der Waals surface area contributed by atoms with Crippen LogP contribution in [0.1, 0.15) is 58.8 Å². The highest BCUT2D eigenvalue weighted by atomic mass is 16.5. The summed E-state index contributed by atoms with van der Waals surface area (Å²) in [5.74, 6) is 0.730. The number of nitrogens with one attached hydrogen (secondary N) is 1. The molecule has 0 amide bonds. The highest BCUT2D eigenvalue weighted by Crippen LogP contribution is 2.25. The van der Waals surface area contributed by atoms with E-state index >= 15 is 0 Å². The average Bonchev–Trinajstić information content (AvgIpc) is 2.70. The molecule has 3 unspecified atom stereocenters. The highest BCUT2D eigenvalue weighted by molar-refractivity contribution is 4.83. The summed E-state index contributed by atoms with van der Waals surface area (Å²) < 4.78 is 5.83. The number of unbranched alkanes of at least 4 members (excludes halogenated alkanes) is 4. The molecule has 1 aliphatic rings. The van der Waals surface area contributed by atoms with Crippen molar-refractivity contribution in [3.63, 3.8) is 0 Å². The molecule has 0 saturated carbocycles. The van der Waals surface area contributed by atoms with E-state index in [0.29, 0.717) is 12.1 Å². The zero-order chi connectivity index (χ0) is 11.8. The summed E-state index contributed by atoms with van der Waals surface area (Å²) in [6.07, 6.45) is 9.81. The van der Waals surface area contributed by atoms with Crippen molar-refractivity contribution in [2.45, 2.75) is 70.9 Å². The summed E-state index contributed by atoms with van der Waals surface area (Å²) in [6, 6.07) is 0.569. The van der Waals surface area contributed by atoms with Crippen LogP contribution in [-0.4, -0.2) is 25.8 Å². The Hall–Kier alpha value is -0.0800. The molecule has 0 aliphatic carbocycles. The van der Waals surface area contributed by atoms with Crippen LogP contribution >= 0.6 is 0 Å². The topological polar surface area (TPSA) is 21.3 Å². The molecular formula is C14H29NO. The van der Waals surface area contributed by atoms with Crippen LogP contribution in [0.3, 0.4) is 0 Å². The Morgan fingerprint density at radius 3 is 2.56 bits per heavy atom. The van der Waals surface area contributed by atoms with Crippen LogP contribution in [0.4, 0.5) is 0 Å². The molecule has 16 heavy (non-hydrogen) atoms. The number of likely N-dealkylation sites (N-methyl/N-ethyl adjacent to an activating group) is 1. The van der Waals surface area contributed by atoms with Crippen LogP contribution in [0.2, 0.25) is 0 Å². The van der Waals surface area contributed by atoms with Crippen molar-refractivity contribution in [2.75, 3.05) is 13.7 Å². The fraction of sp³-hybridized carbons (Fsp3) is 1.00. The van der Waals surface area contributed by atoms with E-state index < -0.39 is 0 Å². The molecule has 1 aliphatic heterocycles. The Balaban J connectivity index is 2.16. The monoisotopic (exact) mass is 227 g/mol. The first-order valence-electron chi connectivity index (χ1n) is 7.08. The van der Waals surface area contributed by atoms with Crippen LogP contribution in [-0.2, 0) is 4.74 Å². The molecule has 96 valence electrons. The number of ether oxygens (including phenoxy) is 1. The van der Waals surface area contributed by atoms with Gasteiger partial charge < -0.3 is 10.1 Å². The minimum absolute atomic E-state index is 0.455. The molecule has 3 atom stereocenters. The Morgan fingerprint density at radius 2 is 2.00 bits per heavy atom. The Kier molecular flexibility index (Phi) is 7.06. The summed E-state index contributed by atoms with van der Waals surface area (Å²) in [6.45, 7) is 5.55. The quantitative estimate of drug-likeness (QED) is 0.642. The molecule has 1 heterocycles. The van der Waals surface area contributed by atoms with Crippen molar-refractivity contribution in [1.82, 2.24) is 5.32 Å². The maximum atomic E-state index is 5.83. The van der Waals surface area contributed by atoms with Gasteiger partial charge in [0.15, 0.2) is 0 Å². The average molecular weight is 227 g/mol. The lowest BCUT2D eigenvalue weighted by molar-refractivity contribution is 0.0598. The highest BCUT2D eigenvalue weighted by Gasteiger charge is 2.30. The lowest BCUT2D eigenvalue weighted by Crippen LogP contribution is -2.40. The van der Waals surface area contributed by atoms with E-state index in [1.54, 1.807) is 0 Å². The summed E-state index contributed by atoms with van der Waals surface area (Å²) in [5, 5.41) is 3.44. The van der Waals surface area contributed by atoms with Gasteiger partial charge in [0.05, 0.1) is 6.10 Å². The molecule has 0 aromatic heterocycles. The number of hydrogen-bond donors (Lipinski definition) is 1. The zero-order valence-electron chi connectivity index (χ0n) is 11.3. The smallest absolute Gasteiger partial charge is 0.0754 e. The molecule has 0 aromatic carbocycles. The molecule has 2 heteroatoms. The number of rotatable bonds is 8. The minimum atomic E-state index is 0.455. The van der Waals surface area contributed by atoms with E-state index in [4.69, 9.17) is 4.74 Å². The Labute approximate surface area is 101 Å². The predicted molar refractivity (Wildman–Crippen MR) is 69.7 cm³/mol. The van der Waals surface area contributed by atoms with E-state index in [1.165, 1.54) is 44.9 Å². The molecule has 1 fully saturated rings. The summed E-state index contributed by atoms with van der Waals surface area (Å²) in [7, 11) is 2.07. The fourth-order valence-electron chi connectivity index (χ4n) is 2.67. The molecule has 0 radical (unpaired) electrons. The lowest BCUT2D eigenvalue weighted by Gasteiger charge is -2.25. The molecule has 0 bridgehead atoms. The standard InChI is InChI=1S/C14H29NO/c1-4-5-6-7-8-9-13(15-3)14-12(2)10-11-16-14/h12-15H,4-11H2,1-3H3. The fourth-order valence-corrected chi connectivity index (χ4v) is 2.67. The maximum Gasteiger partial charge on any atom is 0.0754 e. The molecule has 0 aromatic rings. The van der Waals surface area contributed by atoms with Crippen molar-refractivity contribution in [2.24, 2.45) is 5.92 Å². The Bertz CT molecular complexity index is 172. The van der Waals surface area contributed by atoms with Crippen LogP contribution < -0.4 is 5.32 Å². The van der Waals surface area contributed by atoms with Gasteiger partial charge in [0.25, 0.3) is 0 Å². The second-order valence-electron chi connectivity index (χ2n) is 5.20. The van der Waals surface area contributed by atoms with Gasteiger partial charge in [0.2, 0.25) is 0 Å². The third kappa shape index (κ3) is 4.42. The third-order valence-electron chi connectivity index (χ3n) is 3.83. The van der Waals surface area contributed by atoms with Crippen molar-refractivity contribution < 1.29 is 4.74 Å². The van der Waals surface area contributed by atoms with Crippen LogP contribution in [0.5, 0.6) is 0 Å². The van der Waals surface area contributed by atoms with Crippen LogP contribution in [0.15, 0.2) is 0 Å². The van der Waals surface area contributed by atoms with Crippen molar-refractivity contribution in [1.29, 1.82) is 0 Å². The Morgan fingerprint density at radius 1 is 1.25 bits per heavy atom. The van der Waals surface area contributed by atoms with Crippen molar-refractivity contribution in [3.8, 4) is 0 Å². The second kappa shape index (κ2) is 8.08. The van der Waals surface area contributed by atoms with Crippen LogP contribution in [0.25, 0.3) is 0 Å². The van der Waals surface area contributed by atoms with Gasteiger partial charge in [-0.3, -0.25) is 0 Å². The van der Waals surface area contributed by atoms with Gasteiger partial charge in [-0.15, -0.1) is 0 Å². The van der Waals surface area contributed by atoms with E-state index in [9.17, 15) is 0 Å². The van der Waals surface area contributed by atoms with Crippen molar-refractivity contribution in [3.05, 3.63) is 0 Å². The van der Waals surface area contributed by atoms with Gasteiger partial charge in [-0.05, 0) is 25.8 Å². The van der Waals surface area contributed by atoms with Gasteiger partial charge >= 0.3 is 0 Å². The molecular weight excluding hydrogens is 198 g/mol. The molecule has 0 spiro atoms. The second-order valence-corrected chi connectivity index (χ2v) is 5.20. The largest absolute Gasteiger partial charge is 0.376 e. The summed E-state index contributed by atoms with van der Waals surface area (Å²) >= 11 is 0. The van der Waals surface area contributed by atoms with Gasteiger partial charge in [-0.1, -0.05) is 46.0 Å². The lowest BCUT2D eigenvalue weighted by atomic mass is 9.94. The van der Waals surface area contributed by atoms with Gasteiger partial charge in [0, 0.05) is 12.6 Å².